The summed E-state index contributed by atoms with van der Waals surface area (Å²) in [5.74, 6) is 0.380. The monoisotopic (exact) mass is 286 g/mol. The van der Waals surface area contributed by atoms with Crippen LogP contribution < -0.4 is 5.43 Å². The molecule has 0 saturated heterocycles. The number of hydrogen-bond donors (Lipinski definition) is 2. The van der Waals surface area contributed by atoms with Gasteiger partial charge in [-0.05, 0) is 58.0 Å². The molecule has 1 aliphatic heterocycles. The zero-order valence-electron chi connectivity index (χ0n) is 13.1. The molecule has 0 unspecified atom stereocenters. The molecule has 0 radical (unpaired) electrons. The van der Waals surface area contributed by atoms with Crippen LogP contribution in [0.1, 0.15) is 35.4 Å². The summed E-state index contributed by atoms with van der Waals surface area (Å²) in [6.07, 6.45) is 4.24. The summed E-state index contributed by atoms with van der Waals surface area (Å²) in [5.41, 5.74) is 8.94. The first kappa shape index (κ1) is 14.1. The van der Waals surface area contributed by atoms with Gasteiger partial charge in [-0.15, -0.1) is 0 Å². The second-order valence-corrected chi connectivity index (χ2v) is 6.28. The molecule has 1 saturated carbocycles. The number of nitrogens with one attached hydrogen (secondary N) is 2. The van der Waals surface area contributed by atoms with E-state index in [4.69, 9.17) is 0 Å². The number of aromatic amines is 1. The van der Waals surface area contributed by atoms with Gasteiger partial charge in [0.2, 0.25) is 0 Å². The zero-order chi connectivity index (χ0) is 15.1. The van der Waals surface area contributed by atoms with Crippen molar-refractivity contribution >= 4 is 17.7 Å². The maximum absolute atomic E-state index is 12.0. The molecule has 2 N–H and O–H groups in total. The minimum absolute atomic E-state index is 0.0855. The van der Waals surface area contributed by atoms with Crippen molar-refractivity contribution < 1.29 is 4.79 Å². The van der Waals surface area contributed by atoms with Crippen molar-refractivity contribution in [2.45, 2.75) is 33.2 Å². The Bertz CT molecular complexity index is 647. The van der Waals surface area contributed by atoms with Gasteiger partial charge in [-0.2, -0.15) is 5.10 Å². The van der Waals surface area contributed by atoms with Gasteiger partial charge in [0.25, 0.3) is 5.91 Å². The van der Waals surface area contributed by atoms with Gasteiger partial charge < -0.3 is 9.88 Å². The highest BCUT2D eigenvalue weighted by Crippen LogP contribution is 2.35. The number of hydrazone groups is 1. The Morgan fingerprint density at radius 1 is 1.33 bits per heavy atom. The number of hydrogen-bond acceptors (Lipinski definition) is 3. The Hall–Kier alpha value is -1.88. The van der Waals surface area contributed by atoms with Gasteiger partial charge in [-0.25, -0.2) is 5.43 Å². The molecule has 5 heteroatoms. The minimum Gasteiger partial charge on any atom is -0.359 e. The number of aromatic nitrogens is 1. The second-order valence-electron chi connectivity index (χ2n) is 6.28. The Kier molecular flexibility index (Phi) is 3.45. The SMILES string of the molecule is Cc1[nH]c(/C=C2/C(=O)NN=C2C2CC2)c(C)c1CN(C)C. The lowest BCUT2D eigenvalue weighted by molar-refractivity contribution is -0.116. The summed E-state index contributed by atoms with van der Waals surface area (Å²) in [5, 5.41) is 4.19. The Morgan fingerprint density at radius 3 is 2.67 bits per heavy atom. The average Bonchev–Trinajstić information content (AvgIpc) is 3.15. The maximum Gasteiger partial charge on any atom is 0.273 e. The third-order valence-electron chi connectivity index (χ3n) is 4.16. The molecule has 1 aliphatic carbocycles. The highest BCUT2D eigenvalue weighted by Gasteiger charge is 2.36. The summed E-state index contributed by atoms with van der Waals surface area (Å²) in [7, 11) is 4.12. The van der Waals surface area contributed by atoms with E-state index in [1.807, 2.05) is 6.08 Å². The molecule has 3 rings (SSSR count). The maximum atomic E-state index is 12.0. The normalized spacial score (nSPS) is 20.3. The predicted octanol–water partition coefficient (Wildman–Crippen LogP) is 1.97. The topological polar surface area (TPSA) is 60.5 Å². The lowest BCUT2D eigenvalue weighted by Gasteiger charge is -2.10. The number of H-pyrrole nitrogens is 1. The predicted molar refractivity (Wildman–Crippen MR) is 83.9 cm³/mol. The number of nitrogens with zero attached hydrogens (tertiary/aromatic N) is 2. The second kappa shape index (κ2) is 5.15. The molecule has 1 amide bonds. The van der Waals surface area contributed by atoms with E-state index in [1.54, 1.807) is 0 Å². The van der Waals surface area contributed by atoms with Crippen LogP contribution in [0, 0.1) is 19.8 Å². The van der Waals surface area contributed by atoms with Crippen LogP contribution in [0.2, 0.25) is 0 Å². The van der Waals surface area contributed by atoms with Gasteiger partial charge in [-0.3, -0.25) is 4.79 Å². The number of carbonyl (C=O) groups excluding carboxylic acids is 1. The van der Waals surface area contributed by atoms with E-state index in [9.17, 15) is 4.79 Å². The van der Waals surface area contributed by atoms with Crippen molar-refractivity contribution in [3.8, 4) is 0 Å². The van der Waals surface area contributed by atoms with Gasteiger partial charge in [0, 0.05) is 23.9 Å². The van der Waals surface area contributed by atoms with Crippen molar-refractivity contribution in [2.24, 2.45) is 11.0 Å². The summed E-state index contributed by atoms with van der Waals surface area (Å²) in [4.78, 5) is 17.5. The van der Waals surface area contributed by atoms with Crippen LogP contribution in [0.3, 0.4) is 0 Å². The number of amides is 1. The lowest BCUT2D eigenvalue weighted by atomic mass is 10.0. The molecule has 2 heterocycles. The summed E-state index contributed by atoms with van der Waals surface area (Å²) >= 11 is 0. The Balaban J connectivity index is 1.95. The van der Waals surface area contributed by atoms with E-state index in [1.165, 1.54) is 11.1 Å². The van der Waals surface area contributed by atoms with E-state index < -0.39 is 0 Å². The molecule has 112 valence electrons. The Morgan fingerprint density at radius 2 is 2.05 bits per heavy atom. The van der Waals surface area contributed by atoms with E-state index >= 15 is 0 Å². The zero-order valence-corrected chi connectivity index (χ0v) is 13.1. The van der Waals surface area contributed by atoms with E-state index in [-0.39, 0.29) is 5.91 Å². The number of aryl methyl sites for hydroxylation is 1. The van der Waals surface area contributed by atoms with Crippen LogP contribution in [-0.2, 0) is 11.3 Å². The van der Waals surface area contributed by atoms with Gasteiger partial charge in [0.05, 0.1) is 11.3 Å². The molecule has 1 aromatic heterocycles. The van der Waals surface area contributed by atoms with Crippen LogP contribution in [0.5, 0.6) is 0 Å². The third-order valence-corrected chi connectivity index (χ3v) is 4.16. The van der Waals surface area contributed by atoms with E-state index in [2.05, 4.69) is 48.4 Å². The number of rotatable bonds is 4. The number of carbonyl (C=O) groups is 1. The molecule has 21 heavy (non-hydrogen) atoms. The van der Waals surface area contributed by atoms with Crippen molar-refractivity contribution in [1.29, 1.82) is 0 Å². The highest BCUT2D eigenvalue weighted by molar-refractivity contribution is 6.28. The minimum atomic E-state index is -0.0855. The summed E-state index contributed by atoms with van der Waals surface area (Å²) in [6, 6.07) is 0. The standard InChI is InChI=1S/C16H22N4O/c1-9-13(8-20(3)4)10(2)17-14(9)7-12-15(11-5-6-11)18-19-16(12)21/h7,11,17H,5-6,8H2,1-4H3,(H,19,21)/b12-7+. The first-order chi connectivity index (χ1) is 9.97. The van der Waals surface area contributed by atoms with Gasteiger partial charge in [0.15, 0.2) is 0 Å². The van der Waals surface area contributed by atoms with Crippen molar-refractivity contribution in [1.82, 2.24) is 15.3 Å². The fourth-order valence-electron chi connectivity index (χ4n) is 2.81. The van der Waals surface area contributed by atoms with Gasteiger partial charge in [0.1, 0.15) is 0 Å². The summed E-state index contributed by atoms with van der Waals surface area (Å²) in [6.45, 7) is 5.08. The molecule has 2 aliphatic rings. The van der Waals surface area contributed by atoms with Crippen LogP contribution >= 0.6 is 0 Å². The molecule has 1 fully saturated rings. The fourth-order valence-corrected chi connectivity index (χ4v) is 2.81. The Labute approximate surface area is 125 Å². The van der Waals surface area contributed by atoms with E-state index in [0.29, 0.717) is 5.92 Å². The molecule has 0 bridgehead atoms. The summed E-state index contributed by atoms with van der Waals surface area (Å²) < 4.78 is 0. The van der Waals surface area contributed by atoms with Gasteiger partial charge >= 0.3 is 0 Å². The van der Waals surface area contributed by atoms with Crippen LogP contribution in [0.4, 0.5) is 0 Å². The lowest BCUT2D eigenvalue weighted by Crippen LogP contribution is -2.14. The van der Waals surface area contributed by atoms with E-state index in [0.717, 1.165) is 42.1 Å². The fraction of sp³-hybridized carbons (Fsp3) is 0.500. The molecule has 0 atom stereocenters. The van der Waals surface area contributed by atoms with Gasteiger partial charge in [-0.1, -0.05) is 0 Å². The van der Waals surface area contributed by atoms with Crippen molar-refractivity contribution in [2.75, 3.05) is 14.1 Å². The first-order valence-corrected chi connectivity index (χ1v) is 7.40. The molecular formula is C16H22N4O. The molecule has 5 nitrogen and oxygen atoms in total. The largest absolute Gasteiger partial charge is 0.359 e. The quantitative estimate of drug-likeness (QED) is 0.831. The molecular weight excluding hydrogens is 264 g/mol. The molecule has 0 aromatic carbocycles. The third kappa shape index (κ3) is 2.65. The molecule has 0 spiro atoms. The van der Waals surface area contributed by atoms with Crippen LogP contribution in [0.15, 0.2) is 10.7 Å². The first-order valence-electron chi connectivity index (χ1n) is 7.40. The average molecular weight is 286 g/mol. The van der Waals surface area contributed by atoms with Crippen LogP contribution in [-0.4, -0.2) is 35.6 Å². The van der Waals surface area contributed by atoms with Crippen molar-refractivity contribution in [3.63, 3.8) is 0 Å². The molecule has 1 aromatic rings. The highest BCUT2D eigenvalue weighted by atomic mass is 16.2. The van der Waals surface area contributed by atoms with Crippen molar-refractivity contribution in [3.05, 3.63) is 28.1 Å². The smallest absolute Gasteiger partial charge is 0.273 e. The van der Waals surface area contributed by atoms with Crippen LogP contribution in [0.25, 0.3) is 6.08 Å².